The average molecular weight is 225 g/mol. The van der Waals surface area contributed by atoms with E-state index in [0.29, 0.717) is 18.2 Å². The highest BCUT2D eigenvalue weighted by Gasteiger charge is 2.08. The third-order valence-corrected chi connectivity index (χ3v) is 2.23. The number of benzene rings is 1. The predicted molar refractivity (Wildman–Crippen MR) is 64.4 cm³/mol. The van der Waals surface area contributed by atoms with Gasteiger partial charge in [0.25, 0.3) is 0 Å². The van der Waals surface area contributed by atoms with Gasteiger partial charge in [-0.1, -0.05) is 24.4 Å². The number of hydrogen-bond acceptors (Lipinski definition) is 3. The van der Waals surface area contributed by atoms with Gasteiger partial charge in [-0.25, -0.2) is 0 Å². The molecular weight excluding hydrogens is 210 g/mol. The summed E-state index contributed by atoms with van der Waals surface area (Å²) >= 11 is 4.95. The smallest absolute Gasteiger partial charge is 0.132 e. The summed E-state index contributed by atoms with van der Waals surface area (Å²) in [6.45, 7) is 3.01. The molecule has 0 spiro atoms. The monoisotopic (exact) mass is 225 g/mol. The summed E-state index contributed by atoms with van der Waals surface area (Å²) in [5.41, 5.74) is 7.41. The molecule has 0 unspecified atom stereocenters. The predicted octanol–water partition coefficient (Wildman–Crippen LogP) is 1.65. The molecule has 0 atom stereocenters. The molecule has 1 rings (SSSR count). The molecule has 0 bridgehead atoms. The Morgan fingerprint density at radius 2 is 2.13 bits per heavy atom. The number of rotatable bonds is 5. The molecule has 0 amide bonds. The Kier molecular flexibility index (Phi) is 4.52. The first-order valence-electron chi connectivity index (χ1n) is 4.68. The molecule has 0 heterocycles. The van der Waals surface area contributed by atoms with Crippen molar-refractivity contribution in [3.8, 4) is 5.75 Å². The fraction of sp³-hybridized carbons (Fsp3) is 0.364. The van der Waals surface area contributed by atoms with E-state index in [-0.39, 0.29) is 0 Å². The van der Waals surface area contributed by atoms with Gasteiger partial charge in [-0.3, -0.25) is 0 Å². The van der Waals surface area contributed by atoms with Crippen molar-refractivity contribution in [1.29, 1.82) is 0 Å². The van der Waals surface area contributed by atoms with E-state index in [1.54, 1.807) is 7.11 Å². The van der Waals surface area contributed by atoms with Crippen molar-refractivity contribution in [3.63, 3.8) is 0 Å². The molecule has 0 aliphatic heterocycles. The van der Waals surface area contributed by atoms with Crippen LogP contribution in [0, 0.1) is 6.92 Å². The quantitative estimate of drug-likeness (QED) is 0.611. The lowest BCUT2D eigenvalue weighted by atomic mass is 10.1. The SMILES string of the molecule is COCCOc1c(C)cccc1C(N)=S. The van der Waals surface area contributed by atoms with Gasteiger partial charge in [0.05, 0.1) is 12.2 Å². The minimum atomic E-state index is 0.353. The van der Waals surface area contributed by atoms with Crippen molar-refractivity contribution < 1.29 is 9.47 Å². The standard InChI is InChI=1S/C11H15NO2S/c1-8-4-3-5-9(11(12)15)10(8)14-7-6-13-2/h3-5H,6-7H2,1-2H3,(H2,12,15). The Morgan fingerprint density at radius 3 is 2.73 bits per heavy atom. The first kappa shape index (κ1) is 11.9. The van der Waals surface area contributed by atoms with E-state index >= 15 is 0 Å². The zero-order chi connectivity index (χ0) is 11.3. The molecule has 0 saturated heterocycles. The summed E-state index contributed by atoms with van der Waals surface area (Å²) in [6.07, 6.45) is 0. The fourth-order valence-corrected chi connectivity index (χ4v) is 1.43. The van der Waals surface area contributed by atoms with E-state index < -0.39 is 0 Å². The number of aryl methyl sites for hydroxylation is 1. The molecule has 1 aromatic rings. The molecule has 0 fully saturated rings. The number of nitrogens with two attached hydrogens (primary N) is 1. The summed E-state index contributed by atoms with van der Waals surface area (Å²) in [7, 11) is 1.63. The van der Waals surface area contributed by atoms with Crippen molar-refractivity contribution >= 4 is 17.2 Å². The lowest BCUT2D eigenvalue weighted by molar-refractivity contribution is 0.146. The third kappa shape index (κ3) is 3.18. The van der Waals surface area contributed by atoms with Gasteiger partial charge in [0.15, 0.2) is 0 Å². The van der Waals surface area contributed by atoms with Crippen LogP contribution in [0.15, 0.2) is 18.2 Å². The maximum Gasteiger partial charge on any atom is 0.132 e. The van der Waals surface area contributed by atoms with Crippen LogP contribution in [0.4, 0.5) is 0 Å². The van der Waals surface area contributed by atoms with E-state index in [1.807, 2.05) is 25.1 Å². The summed E-state index contributed by atoms with van der Waals surface area (Å²) in [5.74, 6) is 0.752. The first-order valence-corrected chi connectivity index (χ1v) is 5.08. The van der Waals surface area contributed by atoms with Crippen LogP contribution in [-0.2, 0) is 4.74 Å². The highest BCUT2D eigenvalue weighted by Crippen LogP contribution is 2.23. The minimum Gasteiger partial charge on any atom is -0.490 e. The topological polar surface area (TPSA) is 44.5 Å². The number of thiocarbonyl (C=S) groups is 1. The van der Waals surface area contributed by atoms with Gasteiger partial charge < -0.3 is 15.2 Å². The van der Waals surface area contributed by atoms with Crippen LogP contribution < -0.4 is 10.5 Å². The summed E-state index contributed by atoms with van der Waals surface area (Å²) in [4.78, 5) is 0.353. The Balaban J connectivity index is 2.87. The van der Waals surface area contributed by atoms with Gasteiger partial charge in [0.1, 0.15) is 17.3 Å². The Bertz CT molecular complexity index is 352. The van der Waals surface area contributed by atoms with Crippen molar-refractivity contribution in [2.24, 2.45) is 5.73 Å². The minimum absolute atomic E-state index is 0.353. The van der Waals surface area contributed by atoms with E-state index in [4.69, 9.17) is 27.4 Å². The molecule has 82 valence electrons. The second-order valence-corrected chi connectivity index (χ2v) is 3.60. The maximum atomic E-state index is 5.61. The Hall–Kier alpha value is -1.13. The molecule has 15 heavy (non-hydrogen) atoms. The van der Waals surface area contributed by atoms with Gasteiger partial charge >= 0.3 is 0 Å². The third-order valence-electron chi connectivity index (χ3n) is 2.01. The molecule has 0 radical (unpaired) electrons. The van der Waals surface area contributed by atoms with Gasteiger partial charge in [-0.2, -0.15) is 0 Å². The molecule has 0 saturated carbocycles. The van der Waals surface area contributed by atoms with Crippen molar-refractivity contribution in [2.75, 3.05) is 20.3 Å². The number of methoxy groups -OCH3 is 1. The highest BCUT2D eigenvalue weighted by molar-refractivity contribution is 7.80. The van der Waals surface area contributed by atoms with E-state index in [9.17, 15) is 0 Å². The Labute approximate surface area is 95.2 Å². The van der Waals surface area contributed by atoms with E-state index in [1.165, 1.54) is 0 Å². The first-order chi connectivity index (χ1) is 7.16. The van der Waals surface area contributed by atoms with Crippen molar-refractivity contribution in [1.82, 2.24) is 0 Å². The molecule has 1 aromatic carbocycles. The van der Waals surface area contributed by atoms with Crippen LogP contribution in [0.2, 0.25) is 0 Å². The second-order valence-electron chi connectivity index (χ2n) is 3.16. The molecule has 2 N–H and O–H groups in total. The largest absolute Gasteiger partial charge is 0.490 e. The molecule has 0 aliphatic rings. The molecular formula is C11H15NO2S. The maximum absolute atomic E-state index is 5.61. The van der Waals surface area contributed by atoms with Crippen LogP contribution in [0.3, 0.4) is 0 Å². The van der Waals surface area contributed by atoms with Crippen LogP contribution in [0.1, 0.15) is 11.1 Å². The van der Waals surface area contributed by atoms with Crippen LogP contribution in [-0.4, -0.2) is 25.3 Å². The molecule has 0 aromatic heterocycles. The van der Waals surface area contributed by atoms with Gasteiger partial charge in [-0.05, 0) is 18.6 Å². The van der Waals surface area contributed by atoms with E-state index in [0.717, 1.165) is 16.9 Å². The molecule has 0 aliphatic carbocycles. The number of ether oxygens (including phenoxy) is 2. The lowest BCUT2D eigenvalue weighted by Crippen LogP contribution is -2.14. The van der Waals surface area contributed by atoms with Crippen LogP contribution >= 0.6 is 12.2 Å². The zero-order valence-corrected chi connectivity index (χ0v) is 9.76. The Morgan fingerprint density at radius 1 is 1.40 bits per heavy atom. The normalized spacial score (nSPS) is 10.0. The molecule has 4 heteroatoms. The summed E-state index contributed by atoms with van der Waals surface area (Å²) in [6, 6.07) is 5.73. The lowest BCUT2D eigenvalue weighted by Gasteiger charge is -2.12. The van der Waals surface area contributed by atoms with Gasteiger partial charge in [0.2, 0.25) is 0 Å². The van der Waals surface area contributed by atoms with E-state index in [2.05, 4.69) is 0 Å². The highest BCUT2D eigenvalue weighted by atomic mass is 32.1. The fourth-order valence-electron chi connectivity index (χ4n) is 1.27. The van der Waals surface area contributed by atoms with Crippen LogP contribution in [0.5, 0.6) is 5.75 Å². The number of hydrogen-bond donors (Lipinski definition) is 1. The van der Waals surface area contributed by atoms with Crippen molar-refractivity contribution in [3.05, 3.63) is 29.3 Å². The molecule has 3 nitrogen and oxygen atoms in total. The van der Waals surface area contributed by atoms with Gasteiger partial charge in [0, 0.05) is 7.11 Å². The van der Waals surface area contributed by atoms with Crippen LogP contribution in [0.25, 0.3) is 0 Å². The number of para-hydroxylation sites is 1. The van der Waals surface area contributed by atoms with Crippen molar-refractivity contribution in [2.45, 2.75) is 6.92 Å². The zero-order valence-electron chi connectivity index (χ0n) is 8.95. The summed E-state index contributed by atoms with van der Waals surface area (Å²) in [5, 5.41) is 0. The average Bonchev–Trinajstić information content (AvgIpc) is 2.20. The van der Waals surface area contributed by atoms with Gasteiger partial charge in [-0.15, -0.1) is 0 Å². The summed E-state index contributed by atoms with van der Waals surface area (Å²) < 4.78 is 10.5. The second kappa shape index (κ2) is 5.68.